The van der Waals surface area contributed by atoms with Crippen LogP contribution in [-0.2, 0) is 14.3 Å². The lowest BCUT2D eigenvalue weighted by Crippen LogP contribution is -2.28. The lowest BCUT2D eigenvalue weighted by Gasteiger charge is -2.06. The van der Waals surface area contributed by atoms with E-state index in [1.807, 2.05) is 0 Å². The summed E-state index contributed by atoms with van der Waals surface area (Å²) in [5.41, 5.74) is 0.198. The van der Waals surface area contributed by atoms with Gasteiger partial charge in [-0.3, -0.25) is 9.59 Å². The fraction of sp³-hybridized carbons (Fsp3) is 0.867. The zero-order valence-electron chi connectivity index (χ0n) is 12.8. The van der Waals surface area contributed by atoms with Gasteiger partial charge in [-0.05, 0) is 23.7 Å². The highest BCUT2D eigenvalue weighted by Crippen LogP contribution is 2.68. The van der Waals surface area contributed by atoms with Gasteiger partial charge in [-0.2, -0.15) is 0 Å². The molecular formula is C15H27NO3. The lowest BCUT2D eigenvalue weighted by atomic mass is 10.0. The molecule has 0 aromatic rings. The van der Waals surface area contributed by atoms with E-state index in [-0.39, 0.29) is 28.6 Å². The highest BCUT2D eigenvalue weighted by Gasteiger charge is 2.68. The summed E-state index contributed by atoms with van der Waals surface area (Å²) < 4.78 is 4.57. The second-order valence-corrected chi connectivity index (χ2v) is 6.55. The van der Waals surface area contributed by atoms with Crippen LogP contribution in [0, 0.1) is 16.7 Å². The minimum Gasteiger partial charge on any atom is -0.469 e. The molecule has 1 aliphatic rings. The molecule has 0 spiro atoms. The molecule has 4 heteroatoms. The van der Waals surface area contributed by atoms with Gasteiger partial charge in [0, 0.05) is 18.9 Å². The first-order chi connectivity index (χ1) is 8.75. The lowest BCUT2D eigenvalue weighted by molar-refractivity contribution is -0.140. The maximum Gasteiger partial charge on any atom is 0.305 e. The van der Waals surface area contributed by atoms with Gasteiger partial charge in [-0.15, -0.1) is 0 Å². The van der Waals surface area contributed by atoms with Crippen molar-refractivity contribution < 1.29 is 14.3 Å². The van der Waals surface area contributed by atoms with Crippen molar-refractivity contribution in [2.45, 2.75) is 53.4 Å². The Morgan fingerprint density at radius 3 is 2.11 bits per heavy atom. The first-order valence-corrected chi connectivity index (χ1v) is 7.09. The third kappa shape index (κ3) is 3.48. The number of methoxy groups -OCH3 is 1. The van der Waals surface area contributed by atoms with Crippen molar-refractivity contribution in [3.8, 4) is 0 Å². The van der Waals surface area contributed by atoms with Crippen LogP contribution < -0.4 is 5.32 Å². The van der Waals surface area contributed by atoms with Crippen LogP contribution in [0.3, 0.4) is 0 Å². The van der Waals surface area contributed by atoms with Crippen LogP contribution in [0.15, 0.2) is 0 Å². The first kappa shape index (κ1) is 16.0. The maximum atomic E-state index is 12.0. The number of carbonyl (C=O) groups excluding carboxylic acids is 2. The number of unbranched alkanes of at least 4 members (excludes halogenated alkanes) is 2. The summed E-state index contributed by atoms with van der Waals surface area (Å²) in [6, 6.07) is 0. The van der Waals surface area contributed by atoms with E-state index in [4.69, 9.17) is 0 Å². The van der Waals surface area contributed by atoms with Crippen molar-refractivity contribution in [3.63, 3.8) is 0 Å². The van der Waals surface area contributed by atoms with Gasteiger partial charge in [0.05, 0.1) is 7.11 Å². The van der Waals surface area contributed by atoms with Gasteiger partial charge in [-0.25, -0.2) is 0 Å². The predicted molar refractivity (Wildman–Crippen MR) is 74.5 cm³/mol. The van der Waals surface area contributed by atoms with E-state index in [2.05, 4.69) is 37.7 Å². The molecule has 4 nitrogen and oxygen atoms in total. The highest BCUT2D eigenvalue weighted by molar-refractivity contribution is 5.84. The molecule has 1 N–H and O–H groups in total. The summed E-state index contributed by atoms with van der Waals surface area (Å²) in [6.07, 6.45) is 3.14. The fourth-order valence-corrected chi connectivity index (χ4v) is 2.84. The molecule has 0 radical (unpaired) electrons. The molecule has 1 fully saturated rings. The fourth-order valence-electron chi connectivity index (χ4n) is 2.84. The number of carbonyl (C=O) groups is 2. The molecule has 0 atom stereocenters. The van der Waals surface area contributed by atoms with Crippen molar-refractivity contribution >= 4 is 11.9 Å². The average Bonchev–Trinajstić information content (AvgIpc) is 2.73. The summed E-state index contributed by atoms with van der Waals surface area (Å²) in [7, 11) is 1.40. The summed E-state index contributed by atoms with van der Waals surface area (Å²) in [6.45, 7) is 9.28. The number of rotatable bonds is 7. The molecule has 1 saturated carbocycles. The predicted octanol–water partition coefficient (Wildman–Crippen LogP) is 2.52. The zero-order chi connectivity index (χ0) is 14.7. The number of amides is 1. The number of nitrogens with one attached hydrogen (secondary N) is 1. The summed E-state index contributed by atoms with van der Waals surface area (Å²) in [4.78, 5) is 22.9. The summed E-state index contributed by atoms with van der Waals surface area (Å²) in [5.74, 6) is 0.128. The minimum absolute atomic E-state index is 0.0992. The van der Waals surface area contributed by atoms with E-state index < -0.39 is 0 Å². The molecule has 0 unspecified atom stereocenters. The van der Waals surface area contributed by atoms with E-state index in [0.717, 1.165) is 19.3 Å². The summed E-state index contributed by atoms with van der Waals surface area (Å²) in [5, 5.41) is 3.00. The van der Waals surface area contributed by atoms with E-state index in [0.29, 0.717) is 13.0 Å². The van der Waals surface area contributed by atoms with Gasteiger partial charge in [-0.1, -0.05) is 34.1 Å². The average molecular weight is 269 g/mol. The number of hydrogen-bond acceptors (Lipinski definition) is 3. The molecule has 0 bridgehead atoms. The maximum absolute atomic E-state index is 12.0. The molecule has 0 saturated heterocycles. The van der Waals surface area contributed by atoms with Gasteiger partial charge >= 0.3 is 5.97 Å². The molecule has 0 heterocycles. The van der Waals surface area contributed by atoms with Crippen molar-refractivity contribution in [2.75, 3.05) is 13.7 Å². The van der Waals surface area contributed by atoms with Crippen molar-refractivity contribution in [1.29, 1.82) is 0 Å². The van der Waals surface area contributed by atoms with Crippen molar-refractivity contribution in [1.82, 2.24) is 5.32 Å². The Morgan fingerprint density at radius 2 is 1.63 bits per heavy atom. The first-order valence-electron chi connectivity index (χ1n) is 7.09. The molecule has 19 heavy (non-hydrogen) atoms. The molecule has 110 valence electrons. The van der Waals surface area contributed by atoms with Crippen LogP contribution in [0.25, 0.3) is 0 Å². The second-order valence-electron chi connectivity index (χ2n) is 6.55. The van der Waals surface area contributed by atoms with Crippen LogP contribution in [-0.4, -0.2) is 25.5 Å². The Balaban J connectivity index is 2.11. The quantitative estimate of drug-likeness (QED) is 0.571. The Hall–Kier alpha value is -1.06. The Morgan fingerprint density at radius 1 is 1.05 bits per heavy atom. The SMILES string of the molecule is COC(=O)CCCCCNC(=O)C1C(C)(C)C1(C)C. The number of esters is 1. The molecular weight excluding hydrogens is 242 g/mol. The minimum atomic E-state index is -0.162. The molecule has 0 aromatic carbocycles. The second kappa shape index (κ2) is 5.93. The van der Waals surface area contributed by atoms with Gasteiger partial charge in [0.15, 0.2) is 0 Å². The standard InChI is InChI=1S/C15H27NO3/c1-14(2)12(15(14,3)4)13(18)16-10-8-6-7-9-11(17)19-5/h12H,6-10H2,1-5H3,(H,16,18). The molecule has 1 aliphatic carbocycles. The van der Waals surface area contributed by atoms with Crippen LogP contribution in [0.1, 0.15) is 53.4 Å². The van der Waals surface area contributed by atoms with E-state index >= 15 is 0 Å². The molecule has 0 aromatic heterocycles. The van der Waals surface area contributed by atoms with Gasteiger partial charge in [0.1, 0.15) is 0 Å². The van der Waals surface area contributed by atoms with Gasteiger partial charge < -0.3 is 10.1 Å². The number of ether oxygens (including phenoxy) is 1. The molecule has 1 rings (SSSR count). The van der Waals surface area contributed by atoms with E-state index in [1.165, 1.54) is 7.11 Å². The highest BCUT2D eigenvalue weighted by atomic mass is 16.5. The van der Waals surface area contributed by atoms with E-state index in [1.54, 1.807) is 0 Å². The van der Waals surface area contributed by atoms with E-state index in [9.17, 15) is 9.59 Å². The number of hydrogen-bond donors (Lipinski definition) is 1. The third-order valence-corrected chi connectivity index (χ3v) is 4.87. The van der Waals surface area contributed by atoms with Gasteiger partial charge in [0.25, 0.3) is 0 Å². The van der Waals surface area contributed by atoms with Crippen LogP contribution >= 0.6 is 0 Å². The topological polar surface area (TPSA) is 55.4 Å². The normalized spacial score (nSPS) is 19.8. The Labute approximate surface area is 116 Å². The molecule has 1 amide bonds. The smallest absolute Gasteiger partial charge is 0.305 e. The van der Waals surface area contributed by atoms with Crippen LogP contribution in [0.4, 0.5) is 0 Å². The largest absolute Gasteiger partial charge is 0.469 e. The van der Waals surface area contributed by atoms with Gasteiger partial charge in [0.2, 0.25) is 5.91 Å². The monoisotopic (exact) mass is 269 g/mol. The Bertz CT molecular complexity index is 333. The van der Waals surface area contributed by atoms with Crippen molar-refractivity contribution in [2.24, 2.45) is 16.7 Å². The summed E-state index contributed by atoms with van der Waals surface area (Å²) >= 11 is 0. The zero-order valence-corrected chi connectivity index (χ0v) is 12.8. The third-order valence-electron chi connectivity index (χ3n) is 4.87. The molecule has 0 aliphatic heterocycles. The van der Waals surface area contributed by atoms with Crippen LogP contribution in [0.5, 0.6) is 0 Å². The van der Waals surface area contributed by atoms with Crippen LogP contribution in [0.2, 0.25) is 0 Å². The Kier molecular flexibility index (Phi) is 4.99. The van der Waals surface area contributed by atoms with Crippen molar-refractivity contribution in [3.05, 3.63) is 0 Å².